The number of sulfone groups is 1. The Bertz CT molecular complexity index is 789. The lowest BCUT2D eigenvalue weighted by Crippen LogP contribution is -2.44. The molecule has 0 aromatic carbocycles. The molecule has 1 saturated heterocycles. The molecule has 0 spiro atoms. The standard InChI is InChI=1S/C18H25NO5S3/c1-2-3-7-19(13-6-10-27(22,23)12-13)16(20)11-24-18(21)17-14-4-8-25-15(14)5-9-26-17/h4,8,13,17H,2-3,5-7,9-12H2,1H3/t13-,17+/m0/s1. The van der Waals surface area contributed by atoms with Crippen LogP contribution in [0.15, 0.2) is 11.4 Å². The van der Waals surface area contributed by atoms with Gasteiger partial charge >= 0.3 is 5.97 Å². The molecule has 0 saturated carbocycles. The van der Waals surface area contributed by atoms with E-state index in [9.17, 15) is 18.0 Å². The number of thioether (sulfide) groups is 1. The molecular weight excluding hydrogens is 406 g/mol. The highest BCUT2D eigenvalue weighted by atomic mass is 32.2. The van der Waals surface area contributed by atoms with Crippen LogP contribution < -0.4 is 0 Å². The van der Waals surface area contributed by atoms with Crippen LogP contribution in [0, 0.1) is 0 Å². The Labute approximate surface area is 168 Å². The summed E-state index contributed by atoms with van der Waals surface area (Å²) in [7, 11) is -3.08. The molecule has 0 radical (unpaired) electrons. The number of carbonyl (C=O) groups is 2. The van der Waals surface area contributed by atoms with Gasteiger partial charge < -0.3 is 9.64 Å². The van der Waals surface area contributed by atoms with E-state index in [0.29, 0.717) is 13.0 Å². The van der Waals surface area contributed by atoms with Crippen LogP contribution in [0.4, 0.5) is 0 Å². The first-order valence-corrected chi connectivity index (χ1v) is 13.0. The third-order valence-corrected chi connectivity index (χ3v) is 8.92. The number of hydrogen-bond donors (Lipinski definition) is 0. The molecule has 2 atom stereocenters. The normalized spacial score (nSPS) is 23.6. The molecule has 0 aliphatic carbocycles. The molecule has 0 unspecified atom stereocenters. The van der Waals surface area contributed by atoms with Gasteiger partial charge in [-0.2, -0.15) is 0 Å². The van der Waals surface area contributed by atoms with Crippen molar-refractivity contribution in [1.29, 1.82) is 0 Å². The van der Waals surface area contributed by atoms with Crippen molar-refractivity contribution in [1.82, 2.24) is 4.90 Å². The molecule has 1 fully saturated rings. The SMILES string of the molecule is CCCCN(C(=O)COC(=O)[C@@H]1SCCc2sccc21)[C@H]1CCS(=O)(=O)C1. The highest BCUT2D eigenvalue weighted by molar-refractivity contribution is 8.00. The van der Waals surface area contributed by atoms with Gasteiger partial charge in [-0.25, -0.2) is 8.42 Å². The van der Waals surface area contributed by atoms with E-state index in [1.165, 1.54) is 4.88 Å². The Morgan fingerprint density at radius 1 is 1.37 bits per heavy atom. The van der Waals surface area contributed by atoms with Crippen LogP contribution in [0.2, 0.25) is 0 Å². The first-order valence-electron chi connectivity index (χ1n) is 9.25. The number of hydrogen-bond acceptors (Lipinski definition) is 7. The van der Waals surface area contributed by atoms with Crippen molar-refractivity contribution in [2.75, 3.05) is 30.4 Å². The van der Waals surface area contributed by atoms with E-state index in [1.54, 1.807) is 28.0 Å². The largest absolute Gasteiger partial charge is 0.454 e. The van der Waals surface area contributed by atoms with E-state index in [0.717, 1.165) is 30.6 Å². The monoisotopic (exact) mass is 431 g/mol. The molecule has 2 aliphatic heterocycles. The lowest BCUT2D eigenvalue weighted by atomic mass is 10.1. The Balaban J connectivity index is 1.60. The van der Waals surface area contributed by atoms with Crippen molar-refractivity contribution < 1.29 is 22.7 Å². The van der Waals surface area contributed by atoms with Crippen molar-refractivity contribution in [3.63, 3.8) is 0 Å². The first kappa shape index (κ1) is 20.7. The van der Waals surface area contributed by atoms with Crippen molar-refractivity contribution in [3.8, 4) is 0 Å². The zero-order valence-electron chi connectivity index (χ0n) is 15.4. The molecule has 3 heterocycles. The fraction of sp³-hybridized carbons (Fsp3) is 0.667. The number of nitrogens with zero attached hydrogens (tertiary/aromatic N) is 1. The van der Waals surface area contributed by atoms with Crippen LogP contribution in [-0.4, -0.2) is 61.6 Å². The number of fused-ring (bicyclic) bond motifs is 1. The zero-order valence-corrected chi connectivity index (χ0v) is 17.8. The Kier molecular flexibility index (Phi) is 6.86. The van der Waals surface area contributed by atoms with Gasteiger partial charge in [0.2, 0.25) is 0 Å². The average molecular weight is 432 g/mol. The smallest absolute Gasteiger partial charge is 0.324 e. The number of esters is 1. The number of aryl methyl sites for hydroxylation is 1. The quantitative estimate of drug-likeness (QED) is 0.617. The third-order valence-electron chi connectivity index (χ3n) is 4.95. The molecule has 27 heavy (non-hydrogen) atoms. The van der Waals surface area contributed by atoms with Crippen LogP contribution in [0.5, 0.6) is 0 Å². The maximum atomic E-state index is 12.7. The van der Waals surface area contributed by atoms with Crippen LogP contribution in [-0.2, 0) is 30.6 Å². The molecule has 0 N–H and O–H groups in total. The van der Waals surface area contributed by atoms with Gasteiger partial charge in [-0.15, -0.1) is 23.1 Å². The van der Waals surface area contributed by atoms with Gasteiger partial charge in [-0.1, -0.05) is 13.3 Å². The average Bonchev–Trinajstić information content (AvgIpc) is 3.25. The maximum absolute atomic E-state index is 12.7. The maximum Gasteiger partial charge on any atom is 0.324 e. The summed E-state index contributed by atoms with van der Waals surface area (Å²) < 4.78 is 28.9. The second kappa shape index (κ2) is 8.96. The predicted molar refractivity (Wildman–Crippen MR) is 108 cm³/mol. The fourth-order valence-electron chi connectivity index (χ4n) is 3.49. The summed E-state index contributed by atoms with van der Waals surface area (Å²) in [6.45, 7) is 2.20. The van der Waals surface area contributed by atoms with Gasteiger partial charge in [0, 0.05) is 17.5 Å². The second-order valence-corrected chi connectivity index (χ2v) is 11.3. The number of unbranched alkanes of at least 4 members (excludes halogenated alkanes) is 1. The van der Waals surface area contributed by atoms with Gasteiger partial charge in [0.1, 0.15) is 5.25 Å². The van der Waals surface area contributed by atoms with Crippen molar-refractivity contribution in [3.05, 3.63) is 21.9 Å². The number of rotatable bonds is 7. The summed E-state index contributed by atoms with van der Waals surface area (Å²) in [5.41, 5.74) is 0.999. The third kappa shape index (κ3) is 5.06. The lowest BCUT2D eigenvalue weighted by Gasteiger charge is -2.28. The Hall–Kier alpha value is -1.06. The molecule has 6 nitrogen and oxygen atoms in total. The van der Waals surface area contributed by atoms with Gasteiger partial charge in [-0.3, -0.25) is 9.59 Å². The van der Waals surface area contributed by atoms with Gasteiger partial charge in [0.05, 0.1) is 11.5 Å². The van der Waals surface area contributed by atoms with E-state index in [4.69, 9.17) is 4.74 Å². The molecule has 9 heteroatoms. The van der Waals surface area contributed by atoms with Gasteiger partial charge in [0.25, 0.3) is 5.91 Å². The Morgan fingerprint density at radius 2 is 2.19 bits per heavy atom. The van der Waals surface area contributed by atoms with E-state index in [1.807, 2.05) is 18.4 Å². The van der Waals surface area contributed by atoms with Crippen LogP contribution in [0.1, 0.15) is 41.9 Å². The number of amides is 1. The van der Waals surface area contributed by atoms with Crippen LogP contribution in [0.25, 0.3) is 0 Å². The molecular formula is C18H25NO5S3. The number of ether oxygens (including phenoxy) is 1. The van der Waals surface area contributed by atoms with E-state index in [-0.39, 0.29) is 41.3 Å². The van der Waals surface area contributed by atoms with Crippen molar-refractivity contribution in [2.45, 2.75) is 43.9 Å². The lowest BCUT2D eigenvalue weighted by molar-refractivity contribution is -0.152. The van der Waals surface area contributed by atoms with E-state index >= 15 is 0 Å². The molecule has 0 bridgehead atoms. The van der Waals surface area contributed by atoms with Crippen molar-refractivity contribution >= 4 is 44.8 Å². The van der Waals surface area contributed by atoms with Crippen molar-refractivity contribution in [2.24, 2.45) is 0 Å². The highest BCUT2D eigenvalue weighted by Crippen LogP contribution is 2.40. The first-order chi connectivity index (χ1) is 12.9. The van der Waals surface area contributed by atoms with E-state index < -0.39 is 9.84 Å². The molecule has 1 aromatic heterocycles. The summed E-state index contributed by atoms with van der Waals surface area (Å²) in [6, 6.07) is 1.65. The second-order valence-electron chi connectivity index (χ2n) is 6.91. The summed E-state index contributed by atoms with van der Waals surface area (Å²) in [5, 5.41) is 1.61. The molecule has 1 amide bonds. The topological polar surface area (TPSA) is 80.8 Å². The van der Waals surface area contributed by atoms with E-state index in [2.05, 4.69) is 0 Å². The summed E-state index contributed by atoms with van der Waals surface area (Å²) in [6.07, 6.45) is 3.12. The Morgan fingerprint density at radius 3 is 2.89 bits per heavy atom. The minimum Gasteiger partial charge on any atom is -0.454 e. The van der Waals surface area contributed by atoms with Gasteiger partial charge in [-0.05, 0) is 42.0 Å². The summed E-state index contributed by atoms with van der Waals surface area (Å²) >= 11 is 3.19. The number of carbonyl (C=O) groups excluding carboxylic acids is 2. The minimum absolute atomic E-state index is 0.00708. The molecule has 2 aliphatic rings. The van der Waals surface area contributed by atoms with Crippen LogP contribution >= 0.6 is 23.1 Å². The molecule has 1 aromatic rings. The fourth-order valence-corrected chi connectivity index (χ4v) is 7.51. The summed E-state index contributed by atoms with van der Waals surface area (Å²) in [4.78, 5) is 28.0. The molecule has 150 valence electrons. The number of thiophene rings is 1. The summed E-state index contributed by atoms with van der Waals surface area (Å²) in [5.74, 6) is 0.302. The van der Waals surface area contributed by atoms with Gasteiger partial charge in [0.15, 0.2) is 16.4 Å². The zero-order chi connectivity index (χ0) is 19.4. The molecule has 3 rings (SSSR count). The predicted octanol–water partition coefficient (Wildman–Crippen LogP) is 2.44. The highest BCUT2D eigenvalue weighted by Gasteiger charge is 2.35. The minimum atomic E-state index is -3.08. The van der Waals surface area contributed by atoms with Crippen LogP contribution in [0.3, 0.4) is 0 Å².